The van der Waals surface area contributed by atoms with Gasteiger partial charge in [0.25, 0.3) is 0 Å². The third-order valence-electron chi connectivity index (χ3n) is 7.24. The van der Waals surface area contributed by atoms with E-state index in [4.69, 9.17) is 9.47 Å². The average Bonchev–Trinajstić information content (AvgIpc) is 3.03. The molecule has 3 aliphatic heterocycles. The van der Waals surface area contributed by atoms with E-state index in [0.717, 1.165) is 58.3 Å². The summed E-state index contributed by atoms with van der Waals surface area (Å²) in [5, 5.41) is 0. The molecule has 4 aliphatic rings. The molecule has 0 aromatic heterocycles. The number of ether oxygens (including phenoxy) is 2. The molecular formula is C20H32F3N3O3. The molecule has 4 rings (SSSR count). The zero-order valence-corrected chi connectivity index (χ0v) is 17.1. The van der Waals surface area contributed by atoms with Crippen LogP contribution in [0, 0.1) is 5.41 Å². The molecule has 0 N–H and O–H groups in total. The standard InChI is InChI=1S/C20H32F3N3O3/c1-2-29-18(27)25-8-5-19(13-25)9-16(10-19)24-6-3-15(4-7-24)26(14-20(21,22)23)17-11-28-12-17/h15-17H,2-14H2,1H3. The normalized spacial score (nSPS) is 31.9. The van der Waals surface area contributed by atoms with Crippen molar-refractivity contribution in [3.8, 4) is 0 Å². The minimum Gasteiger partial charge on any atom is -0.450 e. The molecule has 3 heterocycles. The van der Waals surface area contributed by atoms with E-state index >= 15 is 0 Å². The second-order valence-electron chi connectivity index (χ2n) is 9.18. The summed E-state index contributed by atoms with van der Waals surface area (Å²) in [5.41, 5.74) is 0.222. The number of hydrogen-bond acceptors (Lipinski definition) is 5. The number of likely N-dealkylation sites (tertiary alicyclic amines) is 2. The van der Waals surface area contributed by atoms with E-state index < -0.39 is 12.7 Å². The van der Waals surface area contributed by atoms with Crippen molar-refractivity contribution in [2.24, 2.45) is 5.41 Å². The van der Waals surface area contributed by atoms with Crippen molar-refractivity contribution < 1.29 is 27.4 Å². The maximum Gasteiger partial charge on any atom is 0.409 e. The van der Waals surface area contributed by atoms with Gasteiger partial charge in [-0.3, -0.25) is 4.90 Å². The molecule has 1 amide bonds. The zero-order valence-electron chi connectivity index (χ0n) is 17.1. The van der Waals surface area contributed by atoms with Crippen LogP contribution in [0.4, 0.5) is 18.0 Å². The van der Waals surface area contributed by atoms with Gasteiger partial charge in [0.05, 0.1) is 32.4 Å². The van der Waals surface area contributed by atoms with Crippen LogP contribution in [0.2, 0.25) is 0 Å². The quantitative estimate of drug-likeness (QED) is 0.686. The van der Waals surface area contributed by atoms with Crippen molar-refractivity contribution in [3.63, 3.8) is 0 Å². The Hall–Kier alpha value is -1.06. The molecule has 1 spiro atoms. The van der Waals surface area contributed by atoms with Gasteiger partial charge in [-0.1, -0.05) is 0 Å². The van der Waals surface area contributed by atoms with Gasteiger partial charge in [0.15, 0.2) is 0 Å². The topological polar surface area (TPSA) is 45.2 Å². The monoisotopic (exact) mass is 419 g/mol. The predicted molar refractivity (Wildman–Crippen MR) is 101 cm³/mol. The molecule has 4 fully saturated rings. The van der Waals surface area contributed by atoms with Gasteiger partial charge >= 0.3 is 12.3 Å². The van der Waals surface area contributed by atoms with Crippen LogP contribution in [0.3, 0.4) is 0 Å². The maximum atomic E-state index is 13.0. The molecule has 0 atom stereocenters. The average molecular weight is 419 g/mol. The molecule has 29 heavy (non-hydrogen) atoms. The van der Waals surface area contributed by atoms with Crippen LogP contribution < -0.4 is 0 Å². The van der Waals surface area contributed by atoms with Crippen molar-refractivity contribution in [1.29, 1.82) is 0 Å². The van der Waals surface area contributed by atoms with Gasteiger partial charge in [-0.25, -0.2) is 4.79 Å². The Labute approximate surface area is 170 Å². The zero-order chi connectivity index (χ0) is 20.6. The summed E-state index contributed by atoms with van der Waals surface area (Å²) in [7, 11) is 0. The highest BCUT2D eigenvalue weighted by Crippen LogP contribution is 2.50. The summed E-state index contributed by atoms with van der Waals surface area (Å²) in [6, 6.07) is 0.398. The number of amides is 1. The van der Waals surface area contributed by atoms with E-state index in [2.05, 4.69) is 4.90 Å². The Morgan fingerprint density at radius 3 is 2.41 bits per heavy atom. The molecular weight excluding hydrogens is 387 g/mol. The van der Waals surface area contributed by atoms with E-state index in [9.17, 15) is 18.0 Å². The highest BCUT2D eigenvalue weighted by molar-refractivity contribution is 5.68. The van der Waals surface area contributed by atoms with Crippen molar-refractivity contribution >= 4 is 6.09 Å². The SMILES string of the molecule is CCOC(=O)N1CCC2(CC(N3CCC(N(CC(F)(F)F)C4COC4)CC3)C2)C1. The molecule has 3 saturated heterocycles. The van der Waals surface area contributed by atoms with Crippen LogP contribution in [0.1, 0.15) is 39.0 Å². The smallest absolute Gasteiger partial charge is 0.409 e. The Morgan fingerprint density at radius 2 is 1.86 bits per heavy atom. The lowest BCUT2D eigenvalue weighted by Crippen LogP contribution is -2.60. The highest BCUT2D eigenvalue weighted by Gasteiger charge is 2.52. The van der Waals surface area contributed by atoms with Gasteiger partial charge in [-0.05, 0) is 57.5 Å². The first-order valence-electron chi connectivity index (χ1n) is 10.8. The first-order chi connectivity index (χ1) is 13.8. The van der Waals surface area contributed by atoms with Gasteiger partial charge in [-0.15, -0.1) is 0 Å². The molecule has 166 valence electrons. The van der Waals surface area contributed by atoms with Gasteiger partial charge in [0.1, 0.15) is 0 Å². The number of alkyl halides is 3. The molecule has 0 radical (unpaired) electrons. The van der Waals surface area contributed by atoms with E-state index in [1.165, 1.54) is 0 Å². The molecule has 6 nitrogen and oxygen atoms in total. The van der Waals surface area contributed by atoms with Crippen molar-refractivity contribution in [3.05, 3.63) is 0 Å². The molecule has 9 heteroatoms. The summed E-state index contributed by atoms with van der Waals surface area (Å²) in [5.74, 6) is 0. The highest BCUT2D eigenvalue weighted by atomic mass is 19.4. The molecule has 0 unspecified atom stereocenters. The van der Waals surface area contributed by atoms with E-state index in [-0.39, 0.29) is 23.6 Å². The number of carbonyl (C=O) groups is 1. The van der Waals surface area contributed by atoms with Crippen molar-refractivity contribution in [2.75, 3.05) is 52.5 Å². The van der Waals surface area contributed by atoms with Gasteiger partial charge in [0, 0.05) is 25.2 Å². The summed E-state index contributed by atoms with van der Waals surface area (Å²) in [6.07, 6.45) is 0.376. The molecule has 0 aromatic carbocycles. The summed E-state index contributed by atoms with van der Waals surface area (Å²) in [6.45, 7) is 5.48. The van der Waals surface area contributed by atoms with Crippen LogP contribution in [0.5, 0.6) is 0 Å². The molecule has 0 aromatic rings. The largest absolute Gasteiger partial charge is 0.450 e. The Balaban J connectivity index is 1.24. The van der Waals surface area contributed by atoms with E-state index in [1.54, 1.807) is 4.90 Å². The number of nitrogens with zero attached hydrogens (tertiary/aromatic N) is 3. The number of halogens is 3. The fourth-order valence-corrected chi connectivity index (χ4v) is 5.60. The van der Waals surface area contributed by atoms with Crippen LogP contribution >= 0.6 is 0 Å². The second-order valence-corrected chi connectivity index (χ2v) is 9.18. The fraction of sp³-hybridized carbons (Fsp3) is 0.950. The Bertz CT molecular complexity index is 585. The number of hydrogen-bond donors (Lipinski definition) is 0. The minimum atomic E-state index is -4.17. The van der Waals surface area contributed by atoms with E-state index in [0.29, 0.717) is 25.9 Å². The van der Waals surface area contributed by atoms with Crippen LogP contribution in [0.15, 0.2) is 0 Å². The first-order valence-corrected chi connectivity index (χ1v) is 10.8. The lowest BCUT2D eigenvalue weighted by molar-refractivity contribution is -0.181. The number of rotatable bonds is 5. The van der Waals surface area contributed by atoms with Crippen molar-refractivity contribution in [1.82, 2.24) is 14.7 Å². The molecule has 1 aliphatic carbocycles. The number of piperidine rings is 1. The summed E-state index contributed by atoms with van der Waals surface area (Å²) >= 11 is 0. The fourth-order valence-electron chi connectivity index (χ4n) is 5.60. The summed E-state index contributed by atoms with van der Waals surface area (Å²) < 4.78 is 49.3. The molecule has 0 bridgehead atoms. The minimum absolute atomic E-state index is 0.0124. The number of carbonyl (C=O) groups excluding carboxylic acids is 1. The van der Waals surface area contributed by atoms with Crippen LogP contribution in [0.25, 0.3) is 0 Å². The summed E-state index contributed by atoms with van der Waals surface area (Å²) in [4.78, 5) is 17.9. The third kappa shape index (κ3) is 4.66. The third-order valence-corrected chi connectivity index (χ3v) is 7.24. The Kier molecular flexibility index (Phi) is 6.01. The maximum absolute atomic E-state index is 13.0. The van der Waals surface area contributed by atoms with Gasteiger partial charge in [-0.2, -0.15) is 13.2 Å². The lowest BCUT2D eigenvalue weighted by Gasteiger charge is -2.53. The molecule has 1 saturated carbocycles. The van der Waals surface area contributed by atoms with Crippen molar-refractivity contribution in [2.45, 2.75) is 63.3 Å². The second kappa shape index (κ2) is 8.23. The van der Waals surface area contributed by atoms with E-state index in [1.807, 2.05) is 11.8 Å². The van der Waals surface area contributed by atoms with Gasteiger partial charge < -0.3 is 19.3 Å². The van der Waals surface area contributed by atoms with Gasteiger partial charge in [0.2, 0.25) is 0 Å². The van der Waals surface area contributed by atoms with Crippen LogP contribution in [-0.2, 0) is 9.47 Å². The Morgan fingerprint density at radius 1 is 1.17 bits per heavy atom. The predicted octanol–water partition coefficient (Wildman–Crippen LogP) is 2.72. The lowest BCUT2D eigenvalue weighted by atomic mass is 9.64. The van der Waals surface area contributed by atoms with Crippen LogP contribution in [-0.4, -0.2) is 97.6 Å². The first kappa shape index (κ1) is 21.2.